The van der Waals surface area contributed by atoms with Crippen LogP contribution in [0.1, 0.15) is 166 Å². The third-order valence-corrected chi connectivity index (χ3v) is 9.64. The molecular weight excluding hydrogens is 488 g/mol. The van der Waals surface area contributed by atoms with E-state index in [-0.39, 0.29) is 0 Å². The lowest BCUT2D eigenvalue weighted by Gasteiger charge is -2.55. The van der Waals surface area contributed by atoms with Gasteiger partial charge in [-0.2, -0.15) is 0 Å². The zero-order chi connectivity index (χ0) is 28.9. The second kappa shape index (κ2) is 13.6. The number of fused-ring (bicyclic) bond motifs is 2. The highest BCUT2D eigenvalue weighted by Gasteiger charge is 2.58. The highest BCUT2D eigenvalue weighted by Crippen LogP contribution is 2.62. The van der Waals surface area contributed by atoms with Crippen LogP contribution in [0.2, 0.25) is 0 Å². The Kier molecular flexibility index (Phi) is 10.6. The summed E-state index contributed by atoms with van der Waals surface area (Å²) in [5, 5.41) is 3.03. The molecule has 2 atom stereocenters. The van der Waals surface area contributed by atoms with Crippen LogP contribution >= 0.6 is 0 Å². The molecule has 3 aliphatic rings. The van der Waals surface area contributed by atoms with Crippen LogP contribution in [0.4, 0.5) is 0 Å². The van der Waals surface area contributed by atoms with Crippen LogP contribution < -0.4 is 0 Å². The van der Waals surface area contributed by atoms with Crippen LogP contribution in [-0.4, -0.2) is 0 Å². The molecule has 0 fully saturated rings. The summed E-state index contributed by atoms with van der Waals surface area (Å²) in [6, 6.07) is 5.26. The molecule has 0 amide bonds. The highest BCUT2D eigenvalue weighted by molar-refractivity contribution is 5.93. The molecule has 0 radical (unpaired) electrons. The van der Waals surface area contributed by atoms with Gasteiger partial charge in [0.15, 0.2) is 11.2 Å². The van der Waals surface area contributed by atoms with Crippen LogP contribution in [0, 0.1) is 0 Å². The Hall–Kier alpha value is -1.64. The standard InChI is InChI=1S/C38H58O2/c1-9-17-27-28(18-10-2)30(20-12-4)32-26-36-35(25-31(32)29(27)19-11-3)37(23-15-7)33(21-13-5)34(22-14-6)38(36,24-16-8)40-39-37/h25-26H,9-24H2,1-8H3. The van der Waals surface area contributed by atoms with Gasteiger partial charge >= 0.3 is 0 Å². The van der Waals surface area contributed by atoms with Gasteiger partial charge in [-0.3, -0.25) is 0 Å². The maximum Gasteiger partial charge on any atom is 0.150 e. The first-order valence-electron chi connectivity index (χ1n) is 17.2. The molecule has 2 heteroatoms. The topological polar surface area (TPSA) is 18.5 Å². The smallest absolute Gasteiger partial charge is 0.150 e. The molecule has 2 aliphatic heterocycles. The van der Waals surface area contributed by atoms with Crippen molar-refractivity contribution in [2.24, 2.45) is 0 Å². The van der Waals surface area contributed by atoms with Crippen molar-refractivity contribution in [1.82, 2.24) is 0 Å². The Balaban J connectivity index is 2.20. The third-order valence-electron chi connectivity index (χ3n) is 9.64. The van der Waals surface area contributed by atoms with E-state index in [1.807, 2.05) is 0 Å². The summed E-state index contributed by atoms with van der Waals surface area (Å²) in [6.45, 7) is 18.7. The number of hydrogen-bond donors (Lipinski definition) is 0. The fourth-order valence-corrected chi connectivity index (χ4v) is 8.34. The second-order valence-corrected chi connectivity index (χ2v) is 12.6. The van der Waals surface area contributed by atoms with Crippen molar-refractivity contribution >= 4 is 10.8 Å². The quantitative estimate of drug-likeness (QED) is 0.154. The molecular formula is C38H58O2. The van der Waals surface area contributed by atoms with E-state index >= 15 is 0 Å². The van der Waals surface area contributed by atoms with Gasteiger partial charge in [-0.25, -0.2) is 9.78 Å². The average Bonchev–Trinajstić information content (AvgIpc) is 2.95. The summed E-state index contributed by atoms with van der Waals surface area (Å²) >= 11 is 0. The normalized spacial score (nSPS) is 22.0. The highest BCUT2D eigenvalue weighted by atomic mass is 17.2. The molecule has 2 aromatic rings. The predicted molar refractivity (Wildman–Crippen MR) is 172 cm³/mol. The zero-order valence-electron chi connectivity index (χ0n) is 27.3. The molecule has 0 saturated carbocycles. The van der Waals surface area contributed by atoms with E-state index in [9.17, 15) is 0 Å². The fraction of sp³-hybridized carbons (Fsp3) is 0.684. The van der Waals surface area contributed by atoms with Crippen molar-refractivity contribution in [3.8, 4) is 0 Å². The van der Waals surface area contributed by atoms with Crippen LogP contribution in [0.5, 0.6) is 0 Å². The first-order chi connectivity index (χ1) is 19.5. The van der Waals surface area contributed by atoms with Crippen LogP contribution in [0.25, 0.3) is 10.8 Å². The van der Waals surface area contributed by atoms with Gasteiger partial charge in [-0.05, 0) is 119 Å². The van der Waals surface area contributed by atoms with Gasteiger partial charge in [-0.1, -0.05) is 107 Å². The Morgan fingerprint density at radius 3 is 1.05 bits per heavy atom. The van der Waals surface area contributed by atoms with Crippen molar-refractivity contribution in [1.29, 1.82) is 0 Å². The van der Waals surface area contributed by atoms with Gasteiger partial charge in [0.2, 0.25) is 0 Å². The summed E-state index contributed by atoms with van der Waals surface area (Å²) in [4.78, 5) is 13.5. The minimum absolute atomic E-state index is 0.449. The maximum atomic E-state index is 6.74. The lowest BCUT2D eigenvalue weighted by molar-refractivity contribution is -0.433. The average molecular weight is 547 g/mol. The summed E-state index contributed by atoms with van der Waals surface area (Å²) in [5.41, 5.74) is 11.6. The number of hydrogen-bond acceptors (Lipinski definition) is 2. The van der Waals surface area contributed by atoms with Gasteiger partial charge in [0, 0.05) is 0 Å². The molecule has 2 nitrogen and oxygen atoms in total. The summed E-state index contributed by atoms with van der Waals surface area (Å²) in [7, 11) is 0. The first-order valence-corrected chi connectivity index (χ1v) is 17.2. The van der Waals surface area contributed by atoms with Gasteiger partial charge < -0.3 is 0 Å². The molecule has 222 valence electrons. The number of benzene rings is 2. The minimum atomic E-state index is -0.449. The van der Waals surface area contributed by atoms with E-state index in [1.54, 1.807) is 33.4 Å². The monoisotopic (exact) mass is 546 g/mol. The molecule has 2 heterocycles. The van der Waals surface area contributed by atoms with Gasteiger partial charge in [0.05, 0.1) is 0 Å². The van der Waals surface area contributed by atoms with E-state index in [2.05, 4.69) is 67.5 Å². The van der Waals surface area contributed by atoms with Crippen LogP contribution in [0.3, 0.4) is 0 Å². The molecule has 0 spiro atoms. The van der Waals surface area contributed by atoms with E-state index in [0.29, 0.717) is 0 Å². The van der Waals surface area contributed by atoms with Gasteiger partial charge in [-0.15, -0.1) is 0 Å². The van der Waals surface area contributed by atoms with E-state index in [1.165, 1.54) is 60.4 Å². The van der Waals surface area contributed by atoms with Crippen molar-refractivity contribution in [3.63, 3.8) is 0 Å². The minimum Gasteiger partial charge on any atom is -0.219 e. The zero-order valence-corrected chi connectivity index (χ0v) is 27.3. The first kappa shape index (κ1) is 31.3. The van der Waals surface area contributed by atoms with E-state index < -0.39 is 11.2 Å². The van der Waals surface area contributed by atoms with Crippen molar-refractivity contribution in [2.75, 3.05) is 0 Å². The van der Waals surface area contributed by atoms with E-state index in [4.69, 9.17) is 9.78 Å². The number of rotatable bonds is 16. The van der Waals surface area contributed by atoms with Gasteiger partial charge in [0.1, 0.15) is 0 Å². The molecule has 0 saturated heterocycles. The molecule has 2 unspecified atom stereocenters. The summed E-state index contributed by atoms with van der Waals surface area (Å²) in [6.07, 6.45) is 18.1. The Morgan fingerprint density at radius 1 is 0.425 bits per heavy atom. The van der Waals surface area contributed by atoms with Crippen molar-refractivity contribution < 1.29 is 9.78 Å². The fourth-order valence-electron chi connectivity index (χ4n) is 8.34. The van der Waals surface area contributed by atoms with Crippen LogP contribution in [0.15, 0.2) is 23.3 Å². The Bertz CT molecular complexity index is 1110. The molecule has 40 heavy (non-hydrogen) atoms. The molecule has 5 rings (SSSR count). The Morgan fingerprint density at radius 2 is 0.750 bits per heavy atom. The second-order valence-electron chi connectivity index (χ2n) is 12.6. The molecule has 2 aromatic carbocycles. The molecule has 2 bridgehead atoms. The van der Waals surface area contributed by atoms with Crippen LogP contribution in [-0.2, 0) is 46.7 Å². The maximum absolute atomic E-state index is 6.74. The third kappa shape index (κ3) is 5.00. The summed E-state index contributed by atoms with van der Waals surface area (Å²) < 4.78 is 0. The van der Waals surface area contributed by atoms with Gasteiger partial charge in [0.25, 0.3) is 0 Å². The molecule has 1 aliphatic carbocycles. The number of aryl methyl sites for hydroxylation is 2. The summed E-state index contributed by atoms with van der Waals surface area (Å²) in [5.74, 6) is 0. The van der Waals surface area contributed by atoms with Crippen molar-refractivity contribution in [2.45, 2.75) is 169 Å². The Labute approximate surface area is 246 Å². The largest absolute Gasteiger partial charge is 0.219 e. The predicted octanol–water partition coefficient (Wildman–Crippen LogP) is 11.5. The lowest BCUT2D eigenvalue weighted by Crippen LogP contribution is -2.53. The van der Waals surface area contributed by atoms with E-state index in [0.717, 1.165) is 64.2 Å². The molecule has 0 aromatic heterocycles. The van der Waals surface area contributed by atoms with Crippen molar-refractivity contribution in [3.05, 3.63) is 56.7 Å². The molecule has 0 N–H and O–H groups in total. The lowest BCUT2D eigenvalue weighted by atomic mass is 9.61. The SMILES string of the molecule is CCCC1=C(CCC)C2(CCC)OOC1(CCC)c1cc3c(CCC)c(CCC)c(CCC)c(CCC)c3cc12.